The van der Waals surface area contributed by atoms with Gasteiger partial charge in [-0.25, -0.2) is 4.98 Å². The lowest BCUT2D eigenvalue weighted by atomic mass is 10.1. The molecule has 1 fully saturated rings. The van der Waals surface area contributed by atoms with E-state index in [1.54, 1.807) is 12.5 Å². The van der Waals surface area contributed by atoms with Crippen LogP contribution in [0.4, 0.5) is 0 Å². The highest BCUT2D eigenvalue weighted by Gasteiger charge is 2.29. The first-order valence-corrected chi connectivity index (χ1v) is 8.10. The Bertz CT molecular complexity index is 807. The van der Waals surface area contributed by atoms with Crippen LogP contribution in [0.15, 0.2) is 53.5 Å². The highest BCUT2D eigenvalue weighted by Crippen LogP contribution is 2.31. The maximum Gasteiger partial charge on any atom is 0.255 e. The van der Waals surface area contributed by atoms with Gasteiger partial charge in [0, 0.05) is 25.1 Å². The number of fused-ring (bicyclic) bond motifs is 1. The quantitative estimate of drug-likeness (QED) is 0.725. The van der Waals surface area contributed by atoms with E-state index in [1.165, 1.54) is 0 Å². The van der Waals surface area contributed by atoms with Crippen LogP contribution < -0.4 is 0 Å². The number of amides is 1. The second-order valence-electron chi connectivity index (χ2n) is 5.99. The van der Waals surface area contributed by atoms with Crippen molar-refractivity contribution >= 4 is 11.6 Å². The number of hydrogen-bond acceptors (Lipinski definition) is 3. The van der Waals surface area contributed by atoms with Crippen LogP contribution in [0.2, 0.25) is 0 Å². The third-order valence-corrected chi connectivity index (χ3v) is 4.52. The van der Waals surface area contributed by atoms with Crippen LogP contribution in [0.25, 0.3) is 5.65 Å². The van der Waals surface area contributed by atoms with Gasteiger partial charge in [0.15, 0.2) is 0 Å². The van der Waals surface area contributed by atoms with Crippen molar-refractivity contribution in [3.05, 3.63) is 60.4 Å². The van der Waals surface area contributed by atoms with E-state index in [2.05, 4.69) is 4.98 Å². The molecule has 3 aromatic heterocycles. The van der Waals surface area contributed by atoms with Gasteiger partial charge in [-0.05, 0) is 37.1 Å². The topological polar surface area (TPSA) is 50.8 Å². The summed E-state index contributed by atoms with van der Waals surface area (Å²) >= 11 is 0. The Labute approximate surface area is 134 Å². The van der Waals surface area contributed by atoms with E-state index in [0.717, 1.165) is 43.6 Å². The third-order valence-electron chi connectivity index (χ3n) is 4.52. The van der Waals surface area contributed by atoms with E-state index in [4.69, 9.17) is 4.42 Å². The smallest absolute Gasteiger partial charge is 0.255 e. The number of nitrogens with zero attached hydrogens (tertiary/aromatic N) is 3. The van der Waals surface area contributed by atoms with E-state index in [0.29, 0.717) is 5.56 Å². The molecule has 0 spiro atoms. The van der Waals surface area contributed by atoms with E-state index in [1.807, 2.05) is 46.0 Å². The Morgan fingerprint density at radius 1 is 1.22 bits per heavy atom. The fourth-order valence-corrected chi connectivity index (χ4v) is 3.34. The normalized spacial score (nSPS) is 19.0. The van der Waals surface area contributed by atoms with E-state index in [-0.39, 0.29) is 11.9 Å². The van der Waals surface area contributed by atoms with E-state index < -0.39 is 0 Å². The van der Waals surface area contributed by atoms with Gasteiger partial charge in [0.1, 0.15) is 11.4 Å². The van der Waals surface area contributed by atoms with Crippen molar-refractivity contribution in [2.24, 2.45) is 0 Å². The molecule has 5 nitrogen and oxygen atoms in total. The molecule has 0 radical (unpaired) electrons. The van der Waals surface area contributed by atoms with Crippen LogP contribution in [0.3, 0.4) is 0 Å². The summed E-state index contributed by atoms with van der Waals surface area (Å²) in [5, 5.41) is 0. The van der Waals surface area contributed by atoms with Gasteiger partial charge in [-0.15, -0.1) is 0 Å². The van der Waals surface area contributed by atoms with E-state index in [9.17, 15) is 4.79 Å². The lowest BCUT2D eigenvalue weighted by molar-refractivity contribution is 0.0658. The molecule has 0 aliphatic carbocycles. The standard InChI is InChI=1S/C18H19N3O2/c22-18(14-7-8-17-19-9-11-20(17)13-14)21-10-3-1-2-5-15(21)16-6-4-12-23-16/h4,6-9,11-13,15H,1-3,5,10H2/t15-/m1/s1. The van der Waals surface area contributed by atoms with Crippen molar-refractivity contribution in [2.45, 2.75) is 31.7 Å². The summed E-state index contributed by atoms with van der Waals surface area (Å²) < 4.78 is 7.48. The van der Waals surface area contributed by atoms with Crippen molar-refractivity contribution < 1.29 is 9.21 Å². The van der Waals surface area contributed by atoms with Crippen LogP contribution in [0.5, 0.6) is 0 Å². The fourth-order valence-electron chi connectivity index (χ4n) is 3.34. The van der Waals surface area contributed by atoms with Gasteiger partial charge in [0.2, 0.25) is 0 Å². The van der Waals surface area contributed by atoms with Crippen molar-refractivity contribution in [1.82, 2.24) is 14.3 Å². The average molecular weight is 309 g/mol. The molecule has 1 saturated heterocycles. The van der Waals surface area contributed by atoms with Gasteiger partial charge >= 0.3 is 0 Å². The van der Waals surface area contributed by atoms with Crippen LogP contribution in [-0.2, 0) is 0 Å². The first kappa shape index (κ1) is 14.1. The summed E-state index contributed by atoms with van der Waals surface area (Å²) in [5.74, 6) is 0.938. The molecule has 0 aromatic carbocycles. The van der Waals surface area contributed by atoms with Crippen LogP contribution in [0, 0.1) is 0 Å². The zero-order chi connectivity index (χ0) is 15.6. The second kappa shape index (κ2) is 5.91. The molecule has 1 atom stereocenters. The minimum atomic E-state index is 0.0264. The zero-order valence-electron chi connectivity index (χ0n) is 12.9. The zero-order valence-corrected chi connectivity index (χ0v) is 12.9. The van der Waals surface area contributed by atoms with Crippen LogP contribution in [0.1, 0.15) is 47.8 Å². The number of furan rings is 1. The first-order chi connectivity index (χ1) is 11.3. The fraction of sp³-hybridized carbons (Fsp3) is 0.333. The molecule has 23 heavy (non-hydrogen) atoms. The number of pyridine rings is 1. The summed E-state index contributed by atoms with van der Waals surface area (Å²) in [7, 11) is 0. The third kappa shape index (κ3) is 2.63. The molecule has 0 bridgehead atoms. The van der Waals surface area contributed by atoms with E-state index >= 15 is 0 Å². The predicted molar refractivity (Wildman–Crippen MR) is 86.1 cm³/mol. The second-order valence-corrected chi connectivity index (χ2v) is 5.99. The van der Waals surface area contributed by atoms with Crippen molar-refractivity contribution in [3.63, 3.8) is 0 Å². The molecule has 3 aromatic rings. The predicted octanol–water partition coefficient (Wildman–Crippen LogP) is 3.68. The molecule has 5 heteroatoms. The van der Waals surface area contributed by atoms with Gasteiger partial charge in [-0.1, -0.05) is 12.8 Å². The maximum absolute atomic E-state index is 13.1. The molecular formula is C18H19N3O2. The van der Waals surface area contributed by atoms with Crippen LogP contribution >= 0.6 is 0 Å². The van der Waals surface area contributed by atoms with Gasteiger partial charge in [0.25, 0.3) is 5.91 Å². The molecule has 1 aliphatic heterocycles. The van der Waals surface area contributed by atoms with Gasteiger partial charge < -0.3 is 13.7 Å². The molecule has 1 amide bonds. The Balaban J connectivity index is 1.68. The summed E-state index contributed by atoms with van der Waals surface area (Å²) in [6.07, 6.45) is 11.4. The molecule has 4 heterocycles. The highest BCUT2D eigenvalue weighted by atomic mass is 16.3. The number of imidazole rings is 1. The maximum atomic E-state index is 13.1. The lowest BCUT2D eigenvalue weighted by Crippen LogP contribution is -2.34. The van der Waals surface area contributed by atoms with Crippen molar-refractivity contribution in [2.75, 3.05) is 6.54 Å². The Morgan fingerprint density at radius 3 is 3.04 bits per heavy atom. The Hall–Kier alpha value is -2.56. The number of rotatable bonds is 2. The summed E-state index contributed by atoms with van der Waals surface area (Å²) in [5.41, 5.74) is 1.54. The van der Waals surface area contributed by atoms with Crippen molar-refractivity contribution in [3.8, 4) is 0 Å². The Kier molecular flexibility index (Phi) is 3.61. The largest absolute Gasteiger partial charge is 0.467 e. The SMILES string of the molecule is O=C(c1ccc2nccn2c1)N1CCCCC[C@@H]1c1ccco1. The van der Waals surface area contributed by atoms with Gasteiger partial charge in [0.05, 0.1) is 17.9 Å². The number of likely N-dealkylation sites (tertiary alicyclic amines) is 1. The molecular weight excluding hydrogens is 290 g/mol. The minimum absolute atomic E-state index is 0.0264. The average Bonchev–Trinajstić information content (AvgIpc) is 3.21. The summed E-state index contributed by atoms with van der Waals surface area (Å²) in [4.78, 5) is 19.3. The molecule has 0 saturated carbocycles. The molecule has 0 N–H and O–H groups in total. The van der Waals surface area contributed by atoms with Crippen molar-refractivity contribution in [1.29, 1.82) is 0 Å². The monoisotopic (exact) mass is 309 g/mol. The molecule has 1 aliphatic rings. The molecule has 4 rings (SSSR count). The van der Waals surface area contributed by atoms with Gasteiger partial charge in [-0.3, -0.25) is 4.79 Å². The number of hydrogen-bond donors (Lipinski definition) is 0. The summed E-state index contributed by atoms with van der Waals surface area (Å²) in [6, 6.07) is 7.62. The minimum Gasteiger partial charge on any atom is -0.467 e. The molecule has 0 unspecified atom stereocenters. The lowest BCUT2D eigenvalue weighted by Gasteiger charge is -2.28. The highest BCUT2D eigenvalue weighted by molar-refractivity contribution is 5.94. The number of carbonyl (C=O) groups excluding carboxylic acids is 1. The number of aromatic nitrogens is 2. The summed E-state index contributed by atoms with van der Waals surface area (Å²) in [6.45, 7) is 0.770. The number of carbonyl (C=O) groups is 1. The van der Waals surface area contributed by atoms with Crippen LogP contribution in [-0.4, -0.2) is 26.7 Å². The van der Waals surface area contributed by atoms with Gasteiger partial charge in [-0.2, -0.15) is 0 Å². The first-order valence-electron chi connectivity index (χ1n) is 8.10. The molecule has 118 valence electrons. The Morgan fingerprint density at radius 2 is 2.17 bits per heavy atom.